The highest BCUT2D eigenvalue weighted by Gasteiger charge is 2.40. The summed E-state index contributed by atoms with van der Waals surface area (Å²) >= 11 is 1.49. The Morgan fingerprint density at radius 3 is 2.73 bits per heavy atom. The first kappa shape index (κ1) is 27.9. The van der Waals surface area contributed by atoms with Gasteiger partial charge in [-0.2, -0.15) is 13.2 Å². The maximum Gasteiger partial charge on any atom is 0.395 e. The molecule has 204 valence electrons. The molecule has 1 aromatic heterocycles. The molecule has 37 heavy (non-hydrogen) atoms. The van der Waals surface area contributed by atoms with E-state index in [4.69, 9.17) is 4.74 Å². The highest BCUT2D eigenvalue weighted by Crippen LogP contribution is 2.41. The van der Waals surface area contributed by atoms with Crippen LogP contribution in [0.3, 0.4) is 0 Å². The number of hydrogen-bond donors (Lipinski definition) is 2. The van der Waals surface area contributed by atoms with Crippen LogP contribution >= 0.6 is 11.3 Å². The van der Waals surface area contributed by atoms with Gasteiger partial charge in [0.2, 0.25) is 5.91 Å². The Labute approximate surface area is 218 Å². The number of halogens is 3. The molecule has 1 aromatic rings. The average molecular weight is 542 g/mol. The third-order valence-electron chi connectivity index (χ3n) is 7.55. The molecule has 2 fully saturated rings. The number of nitrogens with one attached hydrogen (secondary N) is 1. The summed E-state index contributed by atoms with van der Waals surface area (Å²) in [6, 6.07) is 0.312. The van der Waals surface area contributed by atoms with E-state index in [0.29, 0.717) is 32.0 Å². The number of thiazole rings is 1. The highest BCUT2D eigenvalue weighted by atomic mass is 32.1. The molecule has 2 aliphatic carbocycles. The van der Waals surface area contributed by atoms with Crippen molar-refractivity contribution in [1.29, 1.82) is 0 Å². The van der Waals surface area contributed by atoms with Crippen molar-refractivity contribution in [1.82, 2.24) is 15.2 Å². The third-order valence-corrected chi connectivity index (χ3v) is 8.72. The summed E-state index contributed by atoms with van der Waals surface area (Å²) in [5, 5.41) is 15.0. The number of carbonyl (C=O) groups is 2. The smallest absolute Gasteiger partial charge is 0.384 e. The van der Waals surface area contributed by atoms with Crippen LogP contribution in [0.15, 0.2) is 30.0 Å². The van der Waals surface area contributed by atoms with Crippen LogP contribution in [0.25, 0.3) is 0 Å². The van der Waals surface area contributed by atoms with Crippen LogP contribution in [-0.4, -0.2) is 65.1 Å². The zero-order chi connectivity index (χ0) is 26.6. The van der Waals surface area contributed by atoms with Crippen LogP contribution in [0, 0.1) is 5.92 Å². The van der Waals surface area contributed by atoms with E-state index in [1.807, 2.05) is 0 Å². The third kappa shape index (κ3) is 7.07. The minimum Gasteiger partial charge on any atom is -0.384 e. The predicted octanol–water partition coefficient (Wildman–Crippen LogP) is 4.02. The molecule has 11 heteroatoms. The van der Waals surface area contributed by atoms with Crippen LogP contribution < -0.4 is 5.32 Å². The van der Waals surface area contributed by atoms with Gasteiger partial charge in [-0.1, -0.05) is 18.2 Å². The van der Waals surface area contributed by atoms with Crippen molar-refractivity contribution >= 4 is 23.0 Å². The minimum absolute atomic E-state index is 0.0232. The van der Waals surface area contributed by atoms with Crippen molar-refractivity contribution in [2.24, 2.45) is 5.92 Å². The SMILES string of the molecule is COCc1ncc(C2(O)CCC(N3CCC(NC(=O)CCC(=O)C4=CC(C(F)(F)F)CC=C4)C3)CC2)s1. The van der Waals surface area contributed by atoms with Crippen molar-refractivity contribution in [3.05, 3.63) is 39.9 Å². The van der Waals surface area contributed by atoms with Crippen LogP contribution in [0.4, 0.5) is 13.2 Å². The predicted molar refractivity (Wildman–Crippen MR) is 133 cm³/mol. The molecular weight excluding hydrogens is 507 g/mol. The monoisotopic (exact) mass is 541 g/mol. The summed E-state index contributed by atoms with van der Waals surface area (Å²) in [5.41, 5.74) is -0.831. The molecule has 1 amide bonds. The number of hydrogen-bond acceptors (Lipinski definition) is 7. The molecule has 1 aliphatic heterocycles. The Morgan fingerprint density at radius 1 is 1.27 bits per heavy atom. The number of carbonyl (C=O) groups excluding carboxylic acids is 2. The number of methoxy groups -OCH3 is 1. The van der Waals surface area contributed by atoms with Gasteiger partial charge in [0.1, 0.15) is 10.6 Å². The van der Waals surface area contributed by atoms with Crippen molar-refractivity contribution in [3.8, 4) is 0 Å². The van der Waals surface area contributed by atoms with E-state index in [0.717, 1.165) is 41.8 Å². The summed E-state index contributed by atoms with van der Waals surface area (Å²) in [6.07, 6.45) is 4.59. The van der Waals surface area contributed by atoms with E-state index in [-0.39, 0.29) is 36.8 Å². The van der Waals surface area contributed by atoms with E-state index >= 15 is 0 Å². The van der Waals surface area contributed by atoms with Gasteiger partial charge in [0.15, 0.2) is 5.78 Å². The van der Waals surface area contributed by atoms with Crippen LogP contribution in [-0.2, 0) is 26.5 Å². The molecule has 2 N–H and O–H groups in total. The number of ether oxygens (including phenoxy) is 1. The Bertz CT molecular complexity index is 1030. The van der Waals surface area contributed by atoms with E-state index in [2.05, 4.69) is 15.2 Å². The molecule has 0 radical (unpaired) electrons. The number of likely N-dealkylation sites (tertiary alicyclic amines) is 1. The first-order chi connectivity index (χ1) is 17.6. The fourth-order valence-corrected chi connectivity index (χ4v) is 6.45. The number of aromatic nitrogens is 1. The molecule has 7 nitrogen and oxygen atoms in total. The second kappa shape index (κ2) is 11.8. The topological polar surface area (TPSA) is 91.8 Å². The quantitative estimate of drug-likeness (QED) is 0.491. The lowest BCUT2D eigenvalue weighted by Crippen LogP contribution is -2.43. The molecule has 4 rings (SSSR count). The Morgan fingerprint density at radius 2 is 2.03 bits per heavy atom. The number of rotatable bonds is 9. The van der Waals surface area contributed by atoms with Crippen molar-refractivity contribution in [2.45, 2.75) is 81.8 Å². The molecule has 3 aliphatic rings. The highest BCUT2D eigenvalue weighted by molar-refractivity contribution is 7.11. The van der Waals surface area contributed by atoms with Gasteiger partial charge >= 0.3 is 6.18 Å². The number of allylic oxidation sites excluding steroid dienone is 4. The zero-order valence-electron chi connectivity index (χ0n) is 20.9. The fourth-order valence-electron chi connectivity index (χ4n) is 5.41. The Kier molecular flexibility index (Phi) is 8.88. The summed E-state index contributed by atoms with van der Waals surface area (Å²) in [5.74, 6) is -2.36. The average Bonchev–Trinajstić information content (AvgIpc) is 3.53. The molecule has 0 spiro atoms. The largest absolute Gasteiger partial charge is 0.395 e. The summed E-state index contributed by atoms with van der Waals surface area (Å²) < 4.78 is 44.0. The van der Waals surface area contributed by atoms with Crippen molar-refractivity contribution in [2.75, 3.05) is 20.2 Å². The summed E-state index contributed by atoms with van der Waals surface area (Å²) in [7, 11) is 1.62. The normalized spacial score (nSPS) is 28.8. The maximum atomic E-state index is 13.0. The van der Waals surface area contributed by atoms with Gasteiger partial charge < -0.3 is 15.2 Å². The van der Waals surface area contributed by atoms with Gasteiger partial charge in [-0.3, -0.25) is 14.5 Å². The van der Waals surface area contributed by atoms with Gasteiger partial charge in [0, 0.05) is 56.9 Å². The molecule has 2 atom stereocenters. The molecule has 2 unspecified atom stereocenters. The van der Waals surface area contributed by atoms with Gasteiger partial charge in [-0.05, 0) is 38.5 Å². The fraction of sp³-hybridized carbons (Fsp3) is 0.654. The first-order valence-electron chi connectivity index (χ1n) is 12.8. The molecule has 0 aromatic carbocycles. The number of ketones is 1. The number of amides is 1. The second-order valence-corrected chi connectivity index (χ2v) is 11.3. The lowest BCUT2D eigenvalue weighted by molar-refractivity contribution is -0.160. The zero-order valence-corrected chi connectivity index (χ0v) is 21.7. The van der Waals surface area contributed by atoms with Crippen molar-refractivity contribution < 1.29 is 32.6 Å². The molecule has 1 saturated carbocycles. The molecule has 1 saturated heterocycles. The number of nitrogens with zero attached hydrogens (tertiary/aromatic N) is 2. The molecule has 0 bridgehead atoms. The lowest BCUT2D eigenvalue weighted by Gasteiger charge is -2.39. The number of Topliss-reactive ketones (excluding diaryl/α,β-unsaturated/α-hetero) is 1. The molecule has 2 heterocycles. The Balaban J connectivity index is 1.19. The van der Waals surface area contributed by atoms with Crippen LogP contribution in [0.2, 0.25) is 0 Å². The van der Waals surface area contributed by atoms with Crippen LogP contribution in [0.1, 0.15) is 61.3 Å². The summed E-state index contributed by atoms with van der Waals surface area (Å²) in [6.45, 7) is 2.00. The number of alkyl halides is 3. The maximum absolute atomic E-state index is 13.0. The standard InChI is InChI=1S/C26H34F3N3O4S/c1-36-16-24-30-14-22(37-24)25(35)10-7-20(8-11-25)32-12-9-19(15-32)31-23(34)6-5-21(33)17-3-2-4-18(13-17)26(27,28)29/h2-3,13-14,18-20,35H,4-12,15-16H2,1H3,(H,31,34). The van der Waals surface area contributed by atoms with Gasteiger partial charge in [0.05, 0.1) is 17.4 Å². The van der Waals surface area contributed by atoms with Crippen LogP contribution in [0.5, 0.6) is 0 Å². The minimum atomic E-state index is -4.38. The lowest BCUT2D eigenvalue weighted by atomic mass is 9.81. The summed E-state index contributed by atoms with van der Waals surface area (Å²) in [4.78, 5) is 32.4. The Hall–Kier alpha value is -2.08. The first-order valence-corrected chi connectivity index (χ1v) is 13.6. The van der Waals surface area contributed by atoms with Gasteiger partial charge in [-0.15, -0.1) is 11.3 Å². The van der Waals surface area contributed by atoms with Gasteiger partial charge in [0.25, 0.3) is 0 Å². The van der Waals surface area contributed by atoms with E-state index < -0.39 is 23.5 Å². The van der Waals surface area contributed by atoms with Crippen molar-refractivity contribution in [3.63, 3.8) is 0 Å². The van der Waals surface area contributed by atoms with E-state index in [1.54, 1.807) is 13.3 Å². The van der Waals surface area contributed by atoms with E-state index in [9.17, 15) is 27.9 Å². The number of aliphatic hydroxyl groups is 1. The van der Waals surface area contributed by atoms with E-state index in [1.165, 1.54) is 23.5 Å². The molecular formula is C26H34F3N3O4S. The van der Waals surface area contributed by atoms with Gasteiger partial charge in [-0.25, -0.2) is 4.98 Å². The second-order valence-electron chi connectivity index (χ2n) is 10.2.